The molecule has 2 aromatic rings. The van der Waals surface area contributed by atoms with E-state index in [1.165, 1.54) is 24.3 Å². The number of hydrogen-bond donors (Lipinski definition) is 2. The molecule has 246 valence electrons. The highest BCUT2D eigenvalue weighted by Gasteiger charge is 2.46. The molecule has 1 aliphatic carbocycles. The molecule has 1 atom stereocenters. The first-order valence-corrected chi connectivity index (χ1v) is 16.7. The number of amides is 2. The van der Waals surface area contributed by atoms with E-state index >= 15 is 0 Å². The Hall–Kier alpha value is -3.88. The van der Waals surface area contributed by atoms with Gasteiger partial charge in [0.15, 0.2) is 23.1 Å². The van der Waals surface area contributed by atoms with E-state index in [0.717, 1.165) is 18.4 Å². The molecule has 2 aliphatic rings. The molecule has 45 heavy (non-hydrogen) atoms. The second kappa shape index (κ2) is 13.2. The molecule has 1 unspecified atom stereocenters. The molecule has 0 saturated heterocycles. The summed E-state index contributed by atoms with van der Waals surface area (Å²) in [6.45, 7) is -1.43. The summed E-state index contributed by atoms with van der Waals surface area (Å²) < 4.78 is 103. The number of rotatable bonds is 11. The number of para-hydroxylation sites is 1. The Labute approximate surface area is 255 Å². The van der Waals surface area contributed by atoms with Gasteiger partial charge < -0.3 is 15.0 Å². The molecule has 0 radical (unpaired) electrons. The number of carbonyl (C=O) groups excluding carboxylic acids is 2. The van der Waals surface area contributed by atoms with Crippen LogP contribution in [0.4, 0.5) is 24.7 Å². The standard InChI is InChI=1S/C25H28F3N5O10S2/c1-44(38,39)43-20(12-29-45(40,41)21-5-3-2-4-18(21)33(36)37)15-6-9-17(10-7-15)32(24(35)25(26,27)28)13-16-8-11-19-23(30-16)31-22(34)14-42-19/h2-5,8,11,15,17,20,29H,6-7,9-10,12-14H2,1H3,(H,30,31,34)/t15-,17-,20?. The monoisotopic (exact) mass is 679 g/mol. The van der Waals surface area contributed by atoms with Gasteiger partial charge in [0.1, 0.15) is 0 Å². The highest BCUT2D eigenvalue weighted by Crippen LogP contribution is 2.35. The summed E-state index contributed by atoms with van der Waals surface area (Å²) in [5, 5.41) is 13.8. The Morgan fingerprint density at radius 1 is 1.18 bits per heavy atom. The van der Waals surface area contributed by atoms with Gasteiger partial charge in [-0.2, -0.15) is 21.6 Å². The maximum atomic E-state index is 13.6. The first-order valence-electron chi connectivity index (χ1n) is 13.4. The summed E-state index contributed by atoms with van der Waals surface area (Å²) >= 11 is 0. The fourth-order valence-corrected chi connectivity index (χ4v) is 7.08. The van der Waals surface area contributed by atoms with Gasteiger partial charge in [-0.1, -0.05) is 12.1 Å². The Kier molecular flexibility index (Phi) is 10.00. The van der Waals surface area contributed by atoms with Gasteiger partial charge in [0.25, 0.3) is 21.7 Å². The first kappa shape index (κ1) is 34.0. The number of benzene rings is 1. The van der Waals surface area contributed by atoms with Crippen LogP contribution in [-0.2, 0) is 40.5 Å². The topological polar surface area (TPSA) is 204 Å². The van der Waals surface area contributed by atoms with E-state index in [1.807, 2.05) is 0 Å². The molecule has 15 nitrogen and oxygen atoms in total. The van der Waals surface area contributed by atoms with Crippen molar-refractivity contribution >= 4 is 43.5 Å². The van der Waals surface area contributed by atoms with Gasteiger partial charge in [-0.15, -0.1) is 0 Å². The average molecular weight is 680 g/mol. The second-order valence-corrected chi connectivity index (χ2v) is 13.7. The zero-order valence-corrected chi connectivity index (χ0v) is 25.2. The van der Waals surface area contributed by atoms with Crippen LogP contribution in [0.5, 0.6) is 5.75 Å². The number of nitrogens with zero attached hydrogens (tertiary/aromatic N) is 3. The van der Waals surface area contributed by atoms with E-state index in [1.54, 1.807) is 0 Å². The molecule has 20 heteroatoms. The second-order valence-electron chi connectivity index (χ2n) is 10.4. The highest BCUT2D eigenvalue weighted by molar-refractivity contribution is 7.89. The van der Waals surface area contributed by atoms with Crippen LogP contribution in [0.3, 0.4) is 0 Å². The molecular weight excluding hydrogens is 651 g/mol. The first-order chi connectivity index (χ1) is 20.9. The van der Waals surface area contributed by atoms with Crippen LogP contribution < -0.4 is 14.8 Å². The van der Waals surface area contributed by atoms with Crippen LogP contribution in [0.25, 0.3) is 0 Å². The van der Waals surface area contributed by atoms with Crippen LogP contribution in [0.1, 0.15) is 31.4 Å². The summed E-state index contributed by atoms with van der Waals surface area (Å²) in [6, 6.07) is 6.33. The summed E-state index contributed by atoms with van der Waals surface area (Å²) in [5.41, 5.74) is -0.661. The number of nitrogens with one attached hydrogen (secondary N) is 2. The zero-order chi connectivity index (χ0) is 33.2. The summed E-state index contributed by atoms with van der Waals surface area (Å²) in [7, 11) is -8.65. The number of carbonyl (C=O) groups is 2. The van der Waals surface area contributed by atoms with Crippen LogP contribution in [0, 0.1) is 16.0 Å². The predicted octanol–water partition coefficient (Wildman–Crippen LogP) is 2.09. The van der Waals surface area contributed by atoms with Crippen molar-refractivity contribution in [3.63, 3.8) is 0 Å². The minimum absolute atomic E-state index is 0.00378. The quantitative estimate of drug-likeness (QED) is 0.200. The number of pyridine rings is 1. The van der Waals surface area contributed by atoms with Gasteiger partial charge in [0.05, 0.1) is 29.5 Å². The number of sulfonamides is 1. The molecular formula is C25H28F3N5O10S2. The molecule has 0 spiro atoms. The molecule has 0 bridgehead atoms. The third kappa shape index (κ3) is 8.65. The van der Waals surface area contributed by atoms with Crippen molar-refractivity contribution in [3.05, 3.63) is 52.2 Å². The minimum Gasteiger partial charge on any atom is -0.480 e. The number of hydrogen-bond acceptors (Lipinski definition) is 11. The normalized spacial score (nSPS) is 19.5. The molecule has 4 rings (SSSR count). The van der Waals surface area contributed by atoms with Gasteiger partial charge in [-0.25, -0.2) is 18.1 Å². The van der Waals surface area contributed by atoms with Crippen molar-refractivity contribution in [1.82, 2.24) is 14.6 Å². The van der Waals surface area contributed by atoms with Crippen molar-refractivity contribution in [1.29, 1.82) is 0 Å². The van der Waals surface area contributed by atoms with E-state index in [-0.39, 0.29) is 49.6 Å². The minimum atomic E-state index is -5.22. The smallest absolute Gasteiger partial charge is 0.471 e. The Morgan fingerprint density at radius 3 is 2.47 bits per heavy atom. The van der Waals surface area contributed by atoms with Crippen LogP contribution >= 0.6 is 0 Å². The number of ether oxygens (including phenoxy) is 1. The lowest BCUT2D eigenvalue weighted by atomic mass is 9.82. The fourth-order valence-electron chi connectivity index (χ4n) is 5.19. The van der Waals surface area contributed by atoms with E-state index in [0.29, 0.717) is 4.90 Å². The number of aromatic nitrogens is 1. The molecule has 2 heterocycles. The van der Waals surface area contributed by atoms with Crippen molar-refractivity contribution in [2.75, 3.05) is 24.7 Å². The third-order valence-electron chi connectivity index (χ3n) is 7.20. The number of alkyl halides is 3. The van der Waals surface area contributed by atoms with Gasteiger partial charge >= 0.3 is 12.1 Å². The summed E-state index contributed by atoms with van der Waals surface area (Å²) in [4.78, 5) is 38.6. The Bertz CT molecular complexity index is 1680. The van der Waals surface area contributed by atoms with Crippen molar-refractivity contribution in [2.45, 2.75) is 55.4 Å². The molecule has 1 aliphatic heterocycles. The largest absolute Gasteiger partial charge is 0.480 e. The van der Waals surface area contributed by atoms with Crippen LogP contribution in [0.2, 0.25) is 0 Å². The lowest BCUT2D eigenvalue weighted by Gasteiger charge is -2.39. The van der Waals surface area contributed by atoms with Crippen molar-refractivity contribution in [3.8, 4) is 5.75 Å². The molecule has 1 saturated carbocycles. The van der Waals surface area contributed by atoms with Crippen LogP contribution in [-0.4, -0.2) is 81.2 Å². The van der Waals surface area contributed by atoms with E-state index in [9.17, 15) is 49.7 Å². The van der Waals surface area contributed by atoms with E-state index in [2.05, 4.69) is 15.0 Å². The lowest BCUT2D eigenvalue weighted by Crippen LogP contribution is -2.49. The highest BCUT2D eigenvalue weighted by atomic mass is 32.2. The van der Waals surface area contributed by atoms with Gasteiger partial charge in [0, 0.05) is 18.7 Å². The zero-order valence-electron chi connectivity index (χ0n) is 23.5. The SMILES string of the molecule is CS(=O)(=O)OC(CNS(=O)(=O)c1ccccc1[N+](=O)[O-])[C@H]1CC[C@H](N(Cc2ccc3c(n2)NC(=O)CO3)C(=O)C(F)(F)F)CC1. The third-order valence-corrected chi connectivity index (χ3v) is 9.27. The number of nitro groups is 1. The van der Waals surface area contributed by atoms with Crippen LogP contribution in [0.15, 0.2) is 41.3 Å². The number of fused-ring (bicyclic) bond motifs is 1. The Balaban J connectivity index is 1.50. The van der Waals surface area contributed by atoms with Gasteiger partial charge in [-0.05, 0) is 49.8 Å². The Morgan fingerprint density at radius 2 is 1.84 bits per heavy atom. The van der Waals surface area contributed by atoms with Gasteiger partial charge in [-0.3, -0.25) is 23.9 Å². The molecule has 2 amide bonds. The maximum Gasteiger partial charge on any atom is 0.471 e. The fraction of sp³-hybridized carbons (Fsp3) is 0.480. The molecule has 1 aromatic carbocycles. The lowest BCUT2D eigenvalue weighted by molar-refractivity contribution is -0.387. The number of halogens is 3. The van der Waals surface area contributed by atoms with Crippen molar-refractivity contribution < 1.29 is 53.4 Å². The van der Waals surface area contributed by atoms with E-state index in [4.69, 9.17) is 8.92 Å². The van der Waals surface area contributed by atoms with Crippen molar-refractivity contribution in [2.24, 2.45) is 5.92 Å². The molecule has 2 N–H and O–H groups in total. The molecule has 1 fully saturated rings. The number of nitro benzene ring substituents is 1. The average Bonchev–Trinajstić information content (AvgIpc) is 2.96. The maximum absolute atomic E-state index is 13.6. The number of anilines is 1. The van der Waals surface area contributed by atoms with E-state index < -0.39 is 84.8 Å². The predicted molar refractivity (Wildman–Crippen MR) is 149 cm³/mol. The summed E-state index contributed by atoms with van der Waals surface area (Å²) in [5.74, 6) is -3.10. The summed E-state index contributed by atoms with van der Waals surface area (Å²) in [6.07, 6.45) is -5.76. The van der Waals surface area contributed by atoms with Gasteiger partial charge in [0.2, 0.25) is 10.0 Å². The molecule has 1 aromatic heterocycles.